The van der Waals surface area contributed by atoms with Gasteiger partial charge in [0, 0.05) is 29.9 Å². The Bertz CT molecular complexity index is 1080. The molecule has 2 heterocycles. The highest BCUT2D eigenvalue weighted by molar-refractivity contribution is 6.04. The average Bonchev–Trinajstić information content (AvgIpc) is 2.74. The molecule has 0 bridgehead atoms. The summed E-state index contributed by atoms with van der Waals surface area (Å²) in [5.41, 5.74) is 3.45. The van der Waals surface area contributed by atoms with Crippen molar-refractivity contribution in [1.29, 1.82) is 0 Å². The number of aryl methyl sites for hydroxylation is 1. The summed E-state index contributed by atoms with van der Waals surface area (Å²) in [6.07, 6.45) is 2.73. The van der Waals surface area contributed by atoms with Crippen molar-refractivity contribution in [3.8, 4) is 11.3 Å². The number of anilines is 1. The number of aromatic nitrogens is 2. The Morgan fingerprint density at radius 3 is 2.60 bits per heavy atom. The van der Waals surface area contributed by atoms with Crippen molar-refractivity contribution in [3.63, 3.8) is 0 Å². The van der Waals surface area contributed by atoms with E-state index in [0.29, 0.717) is 28.6 Å². The van der Waals surface area contributed by atoms with E-state index in [2.05, 4.69) is 22.2 Å². The predicted octanol–water partition coefficient (Wildman–Crippen LogP) is 4.19. The average molecular weight is 400 g/mol. The molecule has 1 aromatic heterocycles. The molecule has 0 radical (unpaired) electrons. The quantitative estimate of drug-likeness (QED) is 0.697. The van der Waals surface area contributed by atoms with Crippen LogP contribution in [0.3, 0.4) is 0 Å². The molecule has 0 spiro atoms. The summed E-state index contributed by atoms with van der Waals surface area (Å²) in [5, 5.41) is 2.84. The molecule has 6 nitrogen and oxygen atoms in total. The standard InChI is InChI=1S/C24H24N4O2/c1-3-17-14-28(15-17)24(30)19-9-7-8-18(12-19)21-13-25-16(2)22(27-21)23(29)26-20-10-5-4-6-11-20/h4-13,17H,3,14-15H2,1-2H3,(H,26,29). The monoisotopic (exact) mass is 400 g/mol. The summed E-state index contributed by atoms with van der Waals surface area (Å²) in [6.45, 7) is 5.53. The van der Waals surface area contributed by atoms with Crippen molar-refractivity contribution in [2.24, 2.45) is 5.92 Å². The molecule has 1 N–H and O–H groups in total. The van der Waals surface area contributed by atoms with Crippen molar-refractivity contribution in [3.05, 3.63) is 77.7 Å². The Morgan fingerprint density at radius 1 is 1.10 bits per heavy atom. The van der Waals surface area contributed by atoms with Crippen molar-refractivity contribution < 1.29 is 9.59 Å². The molecule has 4 rings (SSSR count). The molecule has 1 saturated heterocycles. The highest BCUT2D eigenvalue weighted by atomic mass is 16.2. The van der Waals surface area contributed by atoms with Crippen LogP contribution in [0.1, 0.15) is 39.9 Å². The Balaban J connectivity index is 1.57. The zero-order valence-corrected chi connectivity index (χ0v) is 17.1. The second kappa shape index (κ2) is 8.45. The maximum absolute atomic E-state index is 12.7. The molecule has 3 aromatic rings. The van der Waals surface area contributed by atoms with Crippen LogP contribution in [0, 0.1) is 12.8 Å². The summed E-state index contributed by atoms with van der Waals surface area (Å²) in [6, 6.07) is 16.6. The van der Waals surface area contributed by atoms with E-state index in [1.165, 1.54) is 0 Å². The van der Waals surface area contributed by atoms with E-state index in [1.54, 1.807) is 13.1 Å². The van der Waals surface area contributed by atoms with Gasteiger partial charge in [-0.25, -0.2) is 4.98 Å². The van der Waals surface area contributed by atoms with E-state index < -0.39 is 0 Å². The van der Waals surface area contributed by atoms with Crippen LogP contribution in [0.15, 0.2) is 60.8 Å². The van der Waals surface area contributed by atoms with Crippen LogP contribution >= 0.6 is 0 Å². The van der Waals surface area contributed by atoms with Gasteiger partial charge < -0.3 is 10.2 Å². The highest BCUT2D eigenvalue weighted by Gasteiger charge is 2.29. The van der Waals surface area contributed by atoms with Crippen LogP contribution in [0.4, 0.5) is 5.69 Å². The minimum Gasteiger partial charge on any atom is -0.338 e. The lowest BCUT2D eigenvalue weighted by molar-refractivity contribution is 0.0494. The second-order valence-corrected chi connectivity index (χ2v) is 7.57. The SMILES string of the molecule is CCC1CN(C(=O)c2cccc(-c3cnc(C)c(C(=O)Nc4ccccc4)n3)c2)C1. The van der Waals surface area contributed by atoms with E-state index in [-0.39, 0.29) is 17.5 Å². The third-order valence-electron chi connectivity index (χ3n) is 5.43. The van der Waals surface area contributed by atoms with Gasteiger partial charge in [0.2, 0.25) is 0 Å². The molecule has 2 amide bonds. The maximum Gasteiger partial charge on any atom is 0.276 e. The molecule has 152 valence electrons. The zero-order chi connectivity index (χ0) is 21.1. The zero-order valence-electron chi connectivity index (χ0n) is 17.1. The fourth-order valence-electron chi connectivity index (χ4n) is 3.50. The predicted molar refractivity (Wildman–Crippen MR) is 116 cm³/mol. The van der Waals surface area contributed by atoms with Crippen LogP contribution < -0.4 is 5.32 Å². The number of para-hydroxylation sites is 1. The molecule has 1 aliphatic heterocycles. The third-order valence-corrected chi connectivity index (χ3v) is 5.43. The minimum atomic E-state index is -0.313. The lowest BCUT2D eigenvalue weighted by atomic mass is 9.96. The van der Waals surface area contributed by atoms with Gasteiger partial charge in [0.15, 0.2) is 0 Å². The topological polar surface area (TPSA) is 75.2 Å². The number of hydrogen-bond acceptors (Lipinski definition) is 4. The lowest BCUT2D eigenvalue weighted by Gasteiger charge is -2.38. The van der Waals surface area contributed by atoms with E-state index >= 15 is 0 Å². The number of likely N-dealkylation sites (tertiary alicyclic amines) is 1. The number of nitrogens with zero attached hydrogens (tertiary/aromatic N) is 3. The van der Waals surface area contributed by atoms with Crippen molar-refractivity contribution >= 4 is 17.5 Å². The van der Waals surface area contributed by atoms with Gasteiger partial charge in [-0.2, -0.15) is 0 Å². The van der Waals surface area contributed by atoms with Gasteiger partial charge in [0.1, 0.15) is 5.69 Å². The first-order valence-electron chi connectivity index (χ1n) is 10.1. The molecule has 0 saturated carbocycles. The Hall–Kier alpha value is -3.54. The lowest BCUT2D eigenvalue weighted by Crippen LogP contribution is -2.49. The number of amides is 2. The summed E-state index contributed by atoms with van der Waals surface area (Å²) in [5.74, 6) is 0.320. The second-order valence-electron chi connectivity index (χ2n) is 7.57. The number of nitrogens with one attached hydrogen (secondary N) is 1. The molecule has 1 aliphatic rings. The third kappa shape index (κ3) is 4.08. The molecule has 30 heavy (non-hydrogen) atoms. The molecule has 6 heteroatoms. The Morgan fingerprint density at radius 2 is 1.87 bits per heavy atom. The van der Waals surface area contributed by atoms with Crippen LogP contribution in [0.25, 0.3) is 11.3 Å². The van der Waals surface area contributed by atoms with E-state index in [0.717, 1.165) is 25.1 Å². The fourth-order valence-corrected chi connectivity index (χ4v) is 3.50. The molecular formula is C24H24N4O2. The summed E-state index contributed by atoms with van der Waals surface area (Å²) in [4.78, 5) is 36.2. The summed E-state index contributed by atoms with van der Waals surface area (Å²) >= 11 is 0. The first-order chi connectivity index (χ1) is 14.5. The molecule has 0 unspecified atom stereocenters. The minimum absolute atomic E-state index is 0.0312. The number of carbonyl (C=O) groups is 2. The van der Waals surface area contributed by atoms with Gasteiger partial charge >= 0.3 is 0 Å². The number of carbonyl (C=O) groups excluding carboxylic acids is 2. The van der Waals surface area contributed by atoms with Gasteiger partial charge in [0.05, 0.1) is 17.6 Å². The van der Waals surface area contributed by atoms with Crippen molar-refractivity contribution in [2.45, 2.75) is 20.3 Å². The number of benzene rings is 2. The van der Waals surface area contributed by atoms with Crippen LogP contribution in [0.2, 0.25) is 0 Å². The molecule has 1 fully saturated rings. The maximum atomic E-state index is 12.7. The summed E-state index contributed by atoms with van der Waals surface area (Å²) < 4.78 is 0. The molecular weight excluding hydrogens is 376 g/mol. The van der Waals surface area contributed by atoms with Gasteiger partial charge in [-0.3, -0.25) is 14.6 Å². The highest BCUT2D eigenvalue weighted by Crippen LogP contribution is 2.24. The van der Waals surface area contributed by atoms with Gasteiger partial charge in [0.25, 0.3) is 11.8 Å². The van der Waals surface area contributed by atoms with Gasteiger partial charge in [-0.1, -0.05) is 37.3 Å². The molecule has 2 aromatic carbocycles. The Labute approximate surface area is 176 Å². The van der Waals surface area contributed by atoms with Crippen molar-refractivity contribution in [1.82, 2.24) is 14.9 Å². The van der Waals surface area contributed by atoms with Gasteiger partial charge in [-0.15, -0.1) is 0 Å². The number of rotatable bonds is 5. The van der Waals surface area contributed by atoms with Crippen LogP contribution in [-0.2, 0) is 0 Å². The van der Waals surface area contributed by atoms with E-state index in [1.807, 2.05) is 59.5 Å². The summed E-state index contributed by atoms with van der Waals surface area (Å²) in [7, 11) is 0. The molecule has 0 atom stereocenters. The van der Waals surface area contributed by atoms with E-state index in [9.17, 15) is 9.59 Å². The van der Waals surface area contributed by atoms with Crippen LogP contribution in [0.5, 0.6) is 0 Å². The first-order valence-corrected chi connectivity index (χ1v) is 10.1. The normalized spacial score (nSPS) is 13.6. The van der Waals surface area contributed by atoms with E-state index in [4.69, 9.17) is 0 Å². The largest absolute Gasteiger partial charge is 0.338 e. The first kappa shape index (κ1) is 19.8. The van der Waals surface area contributed by atoms with Crippen molar-refractivity contribution in [2.75, 3.05) is 18.4 Å². The molecule has 0 aliphatic carbocycles. The fraction of sp³-hybridized carbons (Fsp3) is 0.250. The Kier molecular flexibility index (Phi) is 5.57. The number of hydrogen-bond donors (Lipinski definition) is 1. The smallest absolute Gasteiger partial charge is 0.276 e. The van der Waals surface area contributed by atoms with Gasteiger partial charge in [-0.05, 0) is 43.5 Å². The van der Waals surface area contributed by atoms with Crippen LogP contribution in [-0.4, -0.2) is 39.8 Å².